The third-order valence-corrected chi connectivity index (χ3v) is 60.6. The molecular formula is C11H9Br3Fe. The Morgan fingerprint density at radius 1 is 0.733 bits per heavy atom. The van der Waals surface area contributed by atoms with Crippen LogP contribution in [0.15, 0.2) is 0 Å². The van der Waals surface area contributed by atoms with Crippen molar-refractivity contribution >= 4 is 47.8 Å². The van der Waals surface area contributed by atoms with E-state index in [9.17, 15) is 0 Å². The zero-order valence-corrected chi connectivity index (χ0v) is 13.5. The van der Waals surface area contributed by atoms with Gasteiger partial charge in [0.05, 0.1) is 0 Å². The Morgan fingerprint density at radius 2 is 1.13 bits per heavy atom. The van der Waals surface area contributed by atoms with E-state index in [0.717, 1.165) is 4.31 Å². The first-order chi connectivity index (χ1) is 6.80. The van der Waals surface area contributed by atoms with E-state index in [-0.39, 0.29) is 2.14 Å². The summed E-state index contributed by atoms with van der Waals surface area (Å²) in [5, 5.41) is 0. The maximum atomic E-state index is 4.02. The fourth-order valence-electron chi connectivity index (χ4n) is 17.0. The number of alkyl halides is 3. The summed E-state index contributed by atoms with van der Waals surface area (Å²) in [6.45, 7) is -2.83. The van der Waals surface area contributed by atoms with Crippen molar-refractivity contribution in [1.29, 1.82) is 0 Å². The Balaban J connectivity index is 1.85. The molecule has 0 N–H and O–H groups in total. The average molecular weight is 437 g/mol. The molecule has 4 heteroatoms. The third kappa shape index (κ3) is 0.0620. The first-order valence-corrected chi connectivity index (χ1v) is 14.7. The van der Waals surface area contributed by atoms with Gasteiger partial charge in [-0.2, -0.15) is 0 Å². The number of fused-ring (bicyclic) bond motifs is 10. The van der Waals surface area contributed by atoms with Crippen molar-refractivity contribution in [2.24, 2.45) is 0 Å². The van der Waals surface area contributed by atoms with Gasteiger partial charge >= 0.3 is 104 Å². The van der Waals surface area contributed by atoms with E-state index in [2.05, 4.69) is 47.8 Å². The monoisotopic (exact) mass is 434 g/mol. The zero-order valence-electron chi connectivity index (χ0n) is 7.68. The summed E-state index contributed by atoms with van der Waals surface area (Å²) in [5.74, 6) is 0. The van der Waals surface area contributed by atoms with Crippen LogP contribution < -0.4 is 0 Å². The standard InChI is InChI=1S/C6H4Br3.C5H5.Fe/c7-6(8,9)5-3-1-2-4-5;1-2-4-5-3-1;/h1-4H;1-5H;. The minimum atomic E-state index is -2.83. The van der Waals surface area contributed by atoms with Crippen molar-refractivity contribution in [3.63, 3.8) is 0 Å². The summed E-state index contributed by atoms with van der Waals surface area (Å²) < 4.78 is 1.06. The molecule has 0 aliphatic carbocycles. The van der Waals surface area contributed by atoms with Crippen LogP contribution in [0.3, 0.4) is 0 Å². The molecule has 10 rings (SSSR count). The summed E-state index contributed by atoms with van der Waals surface area (Å²) in [6, 6.07) is 0. The Kier molecular flexibility index (Phi) is 0.207. The van der Waals surface area contributed by atoms with Crippen molar-refractivity contribution in [2.75, 3.05) is 0 Å². The van der Waals surface area contributed by atoms with Crippen LogP contribution in [0.25, 0.3) is 0 Å². The molecule has 0 nitrogen and oxygen atoms in total. The SMILES string of the molecule is BrC(Br)(Br)[C]12[CH]3[CH]4[CH]5[CH]1[Fe]45321678[CH]2[CH]1[CH]6[CH]7[CH]28. The van der Waals surface area contributed by atoms with Crippen molar-refractivity contribution in [3.05, 3.63) is 0 Å². The van der Waals surface area contributed by atoms with Crippen LogP contribution in [0, 0.1) is 0 Å². The molecule has 0 aromatic carbocycles. The molecule has 0 aromatic rings. The van der Waals surface area contributed by atoms with Gasteiger partial charge in [0.15, 0.2) is 0 Å². The number of hydrogen-bond acceptors (Lipinski definition) is 0. The number of rotatable bonds is 0. The van der Waals surface area contributed by atoms with Crippen LogP contribution in [0.4, 0.5) is 0 Å². The minimum absolute atomic E-state index is 0.176. The second-order valence-corrected chi connectivity index (χ2v) is 40.5. The molecule has 0 aromatic heterocycles. The van der Waals surface area contributed by atoms with Gasteiger partial charge in [0, 0.05) is 0 Å². The van der Waals surface area contributed by atoms with E-state index >= 15 is 0 Å². The molecule has 10 heterocycles. The van der Waals surface area contributed by atoms with Crippen LogP contribution in [-0.2, 0) is 6.51 Å². The predicted octanol–water partition coefficient (Wildman–Crippen LogP) is 5.58. The van der Waals surface area contributed by atoms with E-state index in [4.69, 9.17) is 0 Å². The van der Waals surface area contributed by atoms with Crippen molar-refractivity contribution in [1.82, 2.24) is 0 Å². The van der Waals surface area contributed by atoms with E-state index in [1.165, 1.54) is 43.3 Å². The topological polar surface area (TPSA) is 0 Å². The molecular weight excluding hydrogens is 428 g/mol. The normalized spacial score (nSPS) is 135. The molecule has 15 heavy (non-hydrogen) atoms. The molecule has 0 amide bonds. The van der Waals surface area contributed by atoms with Gasteiger partial charge in [-0.05, 0) is 0 Å². The summed E-state index contributed by atoms with van der Waals surface area (Å²) in [6.07, 6.45) is 0. The molecule has 0 radical (unpaired) electrons. The fourth-order valence-corrected chi connectivity index (χ4v) is 103. The zero-order chi connectivity index (χ0) is 9.51. The maximum absolute atomic E-state index is 4.02. The fraction of sp³-hybridized carbons (Fsp3) is 1.00. The molecule has 10 fully saturated rings. The van der Waals surface area contributed by atoms with Gasteiger partial charge in [-0.25, -0.2) is 0 Å². The predicted molar refractivity (Wildman–Crippen MR) is 66.0 cm³/mol. The van der Waals surface area contributed by atoms with Crippen molar-refractivity contribution in [3.8, 4) is 0 Å². The summed E-state index contributed by atoms with van der Waals surface area (Å²) >= 11 is 12.1. The van der Waals surface area contributed by atoms with E-state index in [1.54, 1.807) is 0 Å². The number of hydrogen-bond donors (Lipinski definition) is 0. The van der Waals surface area contributed by atoms with Crippen LogP contribution in [-0.4, -0.2) is 2.14 Å². The van der Waals surface area contributed by atoms with Gasteiger partial charge in [0.25, 0.3) is 0 Å². The van der Waals surface area contributed by atoms with Crippen LogP contribution >= 0.6 is 47.8 Å². The van der Waals surface area contributed by atoms with Crippen LogP contribution in [0.5, 0.6) is 0 Å². The molecule has 4 unspecified atom stereocenters. The third-order valence-electron chi connectivity index (χ3n) is 15.1. The molecule has 10 saturated heterocycles. The molecule has 4 atom stereocenters. The second kappa shape index (κ2) is 0.483. The van der Waals surface area contributed by atoms with Crippen LogP contribution in [0.2, 0.25) is 47.7 Å². The van der Waals surface area contributed by atoms with Gasteiger partial charge < -0.3 is 0 Å². The van der Waals surface area contributed by atoms with Crippen molar-refractivity contribution < 1.29 is 6.51 Å². The van der Waals surface area contributed by atoms with E-state index in [1.807, 2.05) is 0 Å². The van der Waals surface area contributed by atoms with Gasteiger partial charge in [-0.1, -0.05) is 0 Å². The van der Waals surface area contributed by atoms with E-state index in [0.29, 0.717) is 0 Å². The number of halogens is 3. The van der Waals surface area contributed by atoms with Gasteiger partial charge in [0.2, 0.25) is 0 Å². The second-order valence-electron chi connectivity index (χ2n) is 10.2. The average Bonchev–Trinajstić information content (AvgIpc) is 3.12. The van der Waals surface area contributed by atoms with Crippen LogP contribution in [0.1, 0.15) is 0 Å². The summed E-state index contributed by atoms with van der Waals surface area (Å²) in [5.41, 5.74) is 0. The Labute approximate surface area is 103 Å². The first-order valence-electron chi connectivity index (χ1n) is 6.07. The first kappa shape index (κ1) is 6.41. The molecule has 1 spiro atoms. The van der Waals surface area contributed by atoms with Gasteiger partial charge in [0.1, 0.15) is 0 Å². The molecule has 0 saturated carbocycles. The Morgan fingerprint density at radius 3 is 1.20 bits per heavy atom. The molecule has 0 bridgehead atoms. The Bertz CT molecular complexity index is 844. The molecule has 10 aliphatic heterocycles. The summed E-state index contributed by atoms with van der Waals surface area (Å²) in [7, 11) is 0. The van der Waals surface area contributed by atoms with Gasteiger partial charge in [-0.3, -0.25) is 0 Å². The van der Waals surface area contributed by atoms with Crippen molar-refractivity contribution in [2.45, 2.75) is 49.8 Å². The quantitative estimate of drug-likeness (QED) is 0.343. The summed E-state index contributed by atoms with van der Waals surface area (Å²) in [4.78, 5) is 12.8. The van der Waals surface area contributed by atoms with E-state index < -0.39 is 6.51 Å². The molecule has 10 aliphatic rings. The molecule has 82 valence electrons. The Hall–Kier alpha value is 1.96. The van der Waals surface area contributed by atoms with Gasteiger partial charge in [-0.15, -0.1) is 0 Å².